The Bertz CT molecular complexity index is 1700. The van der Waals surface area contributed by atoms with Crippen molar-refractivity contribution in [3.05, 3.63) is 122 Å². The van der Waals surface area contributed by atoms with Gasteiger partial charge >= 0.3 is 12.4 Å². The number of fused-ring (bicyclic) bond motifs is 1. The van der Waals surface area contributed by atoms with E-state index in [0.29, 0.717) is 11.6 Å². The Morgan fingerprint density at radius 2 is 1.49 bits per heavy atom. The highest BCUT2D eigenvalue weighted by Crippen LogP contribution is 2.41. The van der Waals surface area contributed by atoms with Crippen molar-refractivity contribution in [1.82, 2.24) is 15.0 Å². The topological polar surface area (TPSA) is 53.6 Å². The first-order valence-electron chi connectivity index (χ1n) is 11.8. The molecule has 1 atom stereocenters. The highest BCUT2D eigenvalue weighted by Gasteiger charge is 2.41. The number of pyridine rings is 1. The van der Waals surface area contributed by atoms with Crippen molar-refractivity contribution >= 4 is 44.5 Å². The van der Waals surface area contributed by atoms with Crippen LogP contribution in [0.4, 0.5) is 36.7 Å². The number of imidazole rings is 1. The lowest BCUT2D eigenvalue weighted by atomic mass is 9.80. The van der Waals surface area contributed by atoms with E-state index in [1.807, 2.05) is 0 Å². The number of anilines is 1. The number of hydrogen-bond acceptors (Lipinski definition) is 3. The lowest BCUT2D eigenvalue weighted by Crippen LogP contribution is -2.40. The van der Waals surface area contributed by atoms with Crippen LogP contribution in [0.5, 0.6) is 0 Å². The Kier molecular flexibility index (Phi) is 7.49. The fourth-order valence-electron chi connectivity index (χ4n) is 4.55. The zero-order valence-electron chi connectivity index (χ0n) is 20.5. The van der Waals surface area contributed by atoms with E-state index in [1.54, 1.807) is 30.3 Å². The Balaban J connectivity index is 1.77. The van der Waals surface area contributed by atoms with Crippen LogP contribution in [-0.4, -0.2) is 15.0 Å². The van der Waals surface area contributed by atoms with Crippen LogP contribution in [0.3, 0.4) is 0 Å². The van der Waals surface area contributed by atoms with Crippen molar-refractivity contribution in [3.63, 3.8) is 0 Å². The number of aromatic amines is 1. The molecule has 0 aliphatic heterocycles. The zero-order chi connectivity index (χ0) is 29.6. The minimum atomic E-state index is -4.87. The van der Waals surface area contributed by atoms with E-state index >= 15 is 0 Å². The minimum absolute atomic E-state index is 0.00194. The molecular weight excluding hydrogens is 641 g/mol. The second-order valence-electron chi connectivity index (χ2n) is 9.22. The average Bonchev–Trinajstić information content (AvgIpc) is 3.31. The summed E-state index contributed by atoms with van der Waals surface area (Å²) in [4.78, 5) is 11.5. The van der Waals surface area contributed by atoms with E-state index in [9.17, 15) is 30.7 Å². The first kappa shape index (κ1) is 28.9. The van der Waals surface area contributed by atoms with Gasteiger partial charge in [-0.25, -0.2) is 9.37 Å². The molecule has 4 nitrogen and oxygen atoms in total. The van der Waals surface area contributed by atoms with Crippen LogP contribution in [0, 0.1) is 5.82 Å². The Hall–Kier alpha value is -3.64. The molecule has 0 fully saturated rings. The molecule has 0 saturated carbocycles. The van der Waals surface area contributed by atoms with Gasteiger partial charge in [-0.2, -0.15) is 26.3 Å². The van der Waals surface area contributed by atoms with E-state index in [2.05, 4.69) is 36.2 Å². The smallest absolute Gasteiger partial charge is 0.340 e. The third-order valence-corrected chi connectivity index (χ3v) is 7.22. The monoisotopic (exact) mass is 656 g/mol. The molecule has 5 aromatic rings. The maximum absolute atomic E-state index is 14.8. The molecule has 13 heteroatoms. The Morgan fingerprint density at radius 3 is 2.12 bits per heavy atom. The van der Waals surface area contributed by atoms with Crippen LogP contribution in [0.1, 0.15) is 27.9 Å². The van der Waals surface area contributed by atoms with E-state index in [4.69, 9.17) is 11.6 Å². The van der Waals surface area contributed by atoms with Crippen molar-refractivity contribution in [2.24, 2.45) is 0 Å². The molecule has 0 spiro atoms. The van der Waals surface area contributed by atoms with Crippen LogP contribution < -0.4 is 5.32 Å². The second kappa shape index (κ2) is 10.6. The highest BCUT2D eigenvalue weighted by atomic mass is 79.9. The van der Waals surface area contributed by atoms with Gasteiger partial charge in [-0.15, -0.1) is 0 Å². The van der Waals surface area contributed by atoms with Crippen LogP contribution >= 0.6 is 27.5 Å². The zero-order valence-corrected chi connectivity index (χ0v) is 22.9. The largest absolute Gasteiger partial charge is 0.416 e. The molecule has 212 valence electrons. The number of halogens is 9. The molecule has 5 rings (SSSR count). The van der Waals surface area contributed by atoms with E-state index in [-0.39, 0.29) is 44.2 Å². The van der Waals surface area contributed by atoms with Gasteiger partial charge in [-0.3, -0.25) is 4.98 Å². The maximum Gasteiger partial charge on any atom is 0.416 e. The molecule has 0 bridgehead atoms. The number of aromatic nitrogens is 3. The summed E-state index contributed by atoms with van der Waals surface area (Å²) in [7, 11) is 0. The molecule has 2 N–H and O–H groups in total. The summed E-state index contributed by atoms with van der Waals surface area (Å²) in [6.07, 6.45) is -8.29. The molecule has 0 aliphatic carbocycles. The third-order valence-electron chi connectivity index (χ3n) is 6.39. The molecule has 2 aromatic heterocycles. The van der Waals surface area contributed by atoms with E-state index in [1.165, 1.54) is 18.3 Å². The van der Waals surface area contributed by atoms with Crippen molar-refractivity contribution in [3.8, 4) is 0 Å². The van der Waals surface area contributed by atoms with Gasteiger partial charge in [0.25, 0.3) is 0 Å². The number of nitrogens with zero attached hydrogens (tertiary/aromatic N) is 2. The summed E-state index contributed by atoms with van der Waals surface area (Å²) in [6.45, 7) is 0. The number of rotatable bonds is 6. The summed E-state index contributed by atoms with van der Waals surface area (Å²) in [5.41, 5.74) is -3.12. The summed E-state index contributed by atoms with van der Waals surface area (Å²) in [5.74, 6) is -1.24. The normalized spacial score (nSPS) is 13.8. The molecule has 0 radical (unpaired) electrons. The fourth-order valence-corrected chi connectivity index (χ4v) is 5.21. The second-order valence-corrected chi connectivity index (χ2v) is 10.5. The number of hydrogen-bond donors (Lipinski definition) is 2. The molecule has 0 unspecified atom stereocenters. The van der Waals surface area contributed by atoms with Crippen molar-refractivity contribution < 1.29 is 30.7 Å². The predicted octanol–water partition coefficient (Wildman–Crippen LogP) is 9.15. The van der Waals surface area contributed by atoms with Gasteiger partial charge in [0.15, 0.2) is 0 Å². The number of benzene rings is 3. The molecular formula is C28H17BrClF7N4. The minimum Gasteiger partial charge on any atom is -0.340 e. The number of alkyl halides is 6. The summed E-state index contributed by atoms with van der Waals surface area (Å²) < 4.78 is 96.7. The van der Waals surface area contributed by atoms with Gasteiger partial charge in [0.2, 0.25) is 5.95 Å². The fraction of sp³-hybridized carbons (Fsp3) is 0.143. The quantitative estimate of drug-likeness (QED) is 0.179. The van der Waals surface area contributed by atoms with Crippen LogP contribution in [0.2, 0.25) is 5.02 Å². The molecule has 0 amide bonds. The average molecular weight is 658 g/mol. The standard InChI is InChI=1S/C28H17BrClF7N4/c29-21-11-18(28(35,36)37)12-22-24(21)40-25(39-22)41-26(13-15-4-2-1-3-5-15,23-7-6-19(30)14-38-23)16-8-17(27(32,33)34)10-20(31)9-16/h1-12,14H,13H2,(H2,39,40,41)/t26-/m1/s1. The van der Waals surface area contributed by atoms with Gasteiger partial charge < -0.3 is 10.3 Å². The molecule has 0 saturated heterocycles. The van der Waals surface area contributed by atoms with Gasteiger partial charge in [0, 0.05) is 17.1 Å². The molecule has 0 aliphatic rings. The first-order valence-corrected chi connectivity index (χ1v) is 13.0. The van der Waals surface area contributed by atoms with Gasteiger partial charge in [-0.1, -0.05) is 41.9 Å². The SMILES string of the molecule is Fc1cc(C(F)(F)F)cc([C@@](Cc2ccccc2)(Nc2nc3c(Br)cc(C(F)(F)F)cc3[nH]2)c2ccc(Cl)cn2)c1. The number of nitrogens with one attached hydrogen (secondary N) is 2. The van der Waals surface area contributed by atoms with Crippen molar-refractivity contribution in [2.45, 2.75) is 24.3 Å². The molecule has 2 heterocycles. The third kappa shape index (κ3) is 6.03. The van der Waals surface area contributed by atoms with Crippen LogP contribution in [0.25, 0.3) is 11.0 Å². The van der Waals surface area contributed by atoms with Gasteiger partial charge in [0.1, 0.15) is 16.9 Å². The Labute approximate surface area is 241 Å². The Morgan fingerprint density at radius 1 is 0.829 bits per heavy atom. The van der Waals surface area contributed by atoms with Crippen LogP contribution in [-0.2, 0) is 24.3 Å². The maximum atomic E-state index is 14.8. The van der Waals surface area contributed by atoms with Crippen molar-refractivity contribution in [2.75, 3.05) is 5.32 Å². The van der Waals surface area contributed by atoms with E-state index < -0.39 is 34.8 Å². The lowest BCUT2D eigenvalue weighted by Gasteiger charge is -2.36. The summed E-state index contributed by atoms with van der Waals surface area (Å²) >= 11 is 9.17. The van der Waals surface area contributed by atoms with Crippen LogP contribution in [0.15, 0.2) is 83.5 Å². The molecule has 41 heavy (non-hydrogen) atoms. The summed E-state index contributed by atoms with van der Waals surface area (Å²) in [5, 5.41) is 3.31. The molecule has 3 aromatic carbocycles. The van der Waals surface area contributed by atoms with Gasteiger partial charge in [0.05, 0.1) is 27.4 Å². The number of H-pyrrole nitrogens is 1. The lowest BCUT2D eigenvalue weighted by molar-refractivity contribution is -0.138. The van der Waals surface area contributed by atoms with Gasteiger partial charge in [-0.05, 0) is 69.5 Å². The van der Waals surface area contributed by atoms with Crippen molar-refractivity contribution in [1.29, 1.82) is 0 Å². The predicted molar refractivity (Wildman–Crippen MR) is 144 cm³/mol. The summed E-state index contributed by atoms with van der Waals surface area (Å²) in [6, 6.07) is 15.4. The highest BCUT2D eigenvalue weighted by molar-refractivity contribution is 9.10. The first-order chi connectivity index (χ1) is 19.2. The van der Waals surface area contributed by atoms with E-state index in [0.717, 1.165) is 24.3 Å².